The van der Waals surface area contributed by atoms with E-state index in [4.69, 9.17) is 14.2 Å². The Bertz CT molecular complexity index is 1230. The lowest BCUT2D eigenvalue weighted by atomic mass is 10.0. The fourth-order valence-electron chi connectivity index (χ4n) is 9.20. The molecule has 0 aliphatic heterocycles. The molecule has 1 atom stereocenters. The SMILES string of the molecule is CC/C=C\C/C=C\C/C=C\C/C=C\CCCCCCCCCCCCCCCCCCCCCCCCC(=O)OCC(COC(=O)CCCCCCC)OC(=O)CCCCCCCCCCCCCCC. The van der Waals surface area contributed by atoms with E-state index < -0.39 is 6.10 Å². The van der Waals surface area contributed by atoms with Gasteiger partial charge in [0.05, 0.1) is 0 Å². The van der Waals surface area contributed by atoms with Gasteiger partial charge in [-0.15, -0.1) is 0 Å². The largest absolute Gasteiger partial charge is 0.462 e. The number of unbranched alkanes of at least 4 members (excludes halogenated alkanes) is 38. The van der Waals surface area contributed by atoms with Gasteiger partial charge in [-0.25, -0.2) is 0 Å². The highest BCUT2D eigenvalue weighted by Gasteiger charge is 2.19. The maximum Gasteiger partial charge on any atom is 0.306 e. The summed E-state index contributed by atoms with van der Waals surface area (Å²) in [5, 5.41) is 0. The lowest BCUT2D eigenvalue weighted by Crippen LogP contribution is -2.30. The summed E-state index contributed by atoms with van der Waals surface area (Å²) in [4.78, 5) is 37.8. The normalized spacial score (nSPS) is 12.3. The zero-order chi connectivity index (χ0) is 51.4. The van der Waals surface area contributed by atoms with Gasteiger partial charge in [0.1, 0.15) is 13.2 Å². The number of rotatable bonds is 57. The van der Waals surface area contributed by atoms with Crippen molar-refractivity contribution in [3.8, 4) is 0 Å². The van der Waals surface area contributed by atoms with E-state index in [0.29, 0.717) is 19.3 Å². The summed E-state index contributed by atoms with van der Waals surface area (Å²) >= 11 is 0. The van der Waals surface area contributed by atoms with Crippen molar-refractivity contribution in [2.75, 3.05) is 13.2 Å². The minimum atomic E-state index is -0.762. The van der Waals surface area contributed by atoms with Crippen LogP contribution in [-0.4, -0.2) is 37.2 Å². The second-order valence-electron chi connectivity index (χ2n) is 21.0. The number of ether oxygens (including phenoxy) is 3. The maximum absolute atomic E-state index is 12.7. The van der Waals surface area contributed by atoms with Crippen LogP contribution in [0.2, 0.25) is 0 Å². The molecule has 0 rings (SSSR count). The van der Waals surface area contributed by atoms with Crippen molar-refractivity contribution >= 4 is 17.9 Å². The van der Waals surface area contributed by atoms with Crippen molar-refractivity contribution in [1.29, 1.82) is 0 Å². The summed E-state index contributed by atoms with van der Waals surface area (Å²) in [7, 11) is 0. The van der Waals surface area contributed by atoms with Gasteiger partial charge in [0.25, 0.3) is 0 Å². The van der Waals surface area contributed by atoms with Crippen LogP contribution in [0.4, 0.5) is 0 Å². The van der Waals surface area contributed by atoms with E-state index in [2.05, 4.69) is 69.4 Å². The first-order valence-electron chi connectivity index (χ1n) is 31.1. The lowest BCUT2D eigenvalue weighted by Gasteiger charge is -2.18. The van der Waals surface area contributed by atoms with Crippen LogP contribution in [0.5, 0.6) is 0 Å². The molecule has 0 spiro atoms. The molecule has 1 unspecified atom stereocenters. The van der Waals surface area contributed by atoms with Crippen molar-refractivity contribution in [3.63, 3.8) is 0 Å². The van der Waals surface area contributed by atoms with Gasteiger partial charge in [-0.2, -0.15) is 0 Å². The van der Waals surface area contributed by atoms with Gasteiger partial charge >= 0.3 is 17.9 Å². The van der Waals surface area contributed by atoms with Crippen LogP contribution in [0.1, 0.15) is 329 Å². The van der Waals surface area contributed by atoms with Crippen LogP contribution in [0.3, 0.4) is 0 Å². The summed E-state index contributed by atoms with van der Waals surface area (Å²) < 4.78 is 16.7. The molecule has 0 N–H and O–H groups in total. The van der Waals surface area contributed by atoms with Gasteiger partial charge in [0, 0.05) is 19.3 Å². The fraction of sp³-hybridized carbons (Fsp3) is 0.831. The van der Waals surface area contributed by atoms with Crippen molar-refractivity contribution in [2.45, 2.75) is 335 Å². The molecule has 0 aromatic carbocycles. The van der Waals surface area contributed by atoms with Gasteiger partial charge in [0.15, 0.2) is 6.10 Å². The van der Waals surface area contributed by atoms with E-state index in [0.717, 1.165) is 89.9 Å². The molecule has 6 heteroatoms. The molecule has 0 radical (unpaired) electrons. The molecular weight excluding hydrogens is 877 g/mol. The highest BCUT2D eigenvalue weighted by Crippen LogP contribution is 2.18. The number of carbonyl (C=O) groups is 3. The van der Waals surface area contributed by atoms with Gasteiger partial charge in [-0.1, -0.05) is 301 Å². The predicted molar refractivity (Wildman–Crippen MR) is 307 cm³/mol. The number of carbonyl (C=O) groups excluding carboxylic acids is 3. The lowest BCUT2D eigenvalue weighted by molar-refractivity contribution is -0.167. The van der Waals surface area contributed by atoms with Crippen LogP contribution in [0.25, 0.3) is 0 Å². The Hall–Kier alpha value is -2.63. The highest BCUT2D eigenvalue weighted by molar-refractivity contribution is 5.71. The Kier molecular flexibility index (Phi) is 57.7. The number of allylic oxidation sites excluding steroid dienone is 8. The third kappa shape index (κ3) is 58.1. The Morgan fingerprint density at radius 3 is 0.859 bits per heavy atom. The third-order valence-electron chi connectivity index (χ3n) is 13.8. The van der Waals surface area contributed by atoms with Crippen molar-refractivity contribution in [2.24, 2.45) is 0 Å². The molecule has 0 fully saturated rings. The zero-order valence-electron chi connectivity index (χ0n) is 47.5. The molecule has 414 valence electrons. The monoisotopic (exact) mass is 995 g/mol. The molecule has 0 saturated carbocycles. The molecule has 0 amide bonds. The number of hydrogen-bond acceptors (Lipinski definition) is 6. The van der Waals surface area contributed by atoms with Gasteiger partial charge in [-0.3, -0.25) is 14.4 Å². The van der Waals surface area contributed by atoms with E-state index in [1.807, 2.05) is 0 Å². The maximum atomic E-state index is 12.7. The Morgan fingerprint density at radius 2 is 0.549 bits per heavy atom. The molecule has 0 aromatic rings. The molecule has 6 nitrogen and oxygen atoms in total. The number of hydrogen-bond donors (Lipinski definition) is 0. The van der Waals surface area contributed by atoms with Crippen LogP contribution < -0.4 is 0 Å². The highest BCUT2D eigenvalue weighted by atomic mass is 16.6. The second kappa shape index (κ2) is 59.9. The molecule has 0 aliphatic rings. The molecule has 0 aliphatic carbocycles. The van der Waals surface area contributed by atoms with E-state index in [-0.39, 0.29) is 31.1 Å². The van der Waals surface area contributed by atoms with Gasteiger partial charge in [0.2, 0.25) is 0 Å². The average Bonchev–Trinajstić information content (AvgIpc) is 3.37. The average molecular weight is 996 g/mol. The molecule has 71 heavy (non-hydrogen) atoms. The molecule has 0 saturated heterocycles. The minimum Gasteiger partial charge on any atom is -0.462 e. The summed E-state index contributed by atoms with van der Waals surface area (Å²) in [6.45, 7) is 6.48. The fourth-order valence-corrected chi connectivity index (χ4v) is 9.20. The smallest absolute Gasteiger partial charge is 0.306 e. The van der Waals surface area contributed by atoms with Crippen molar-refractivity contribution in [3.05, 3.63) is 48.6 Å². The first kappa shape index (κ1) is 68.4. The zero-order valence-corrected chi connectivity index (χ0v) is 47.5. The quantitative estimate of drug-likeness (QED) is 0.0261. The van der Waals surface area contributed by atoms with Crippen LogP contribution >= 0.6 is 0 Å². The summed E-state index contributed by atoms with van der Waals surface area (Å²) in [6.07, 6.45) is 74.7. The summed E-state index contributed by atoms with van der Waals surface area (Å²) in [5.74, 6) is -0.863. The molecule has 0 aromatic heterocycles. The Morgan fingerprint density at radius 1 is 0.296 bits per heavy atom. The van der Waals surface area contributed by atoms with E-state index >= 15 is 0 Å². The second-order valence-corrected chi connectivity index (χ2v) is 21.0. The number of esters is 3. The summed E-state index contributed by atoms with van der Waals surface area (Å²) in [5.41, 5.74) is 0. The molecule has 0 bridgehead atoms. The minimum absolute atomic E-state index is 0.0666. The van der Waals surface area contributed by atoms with E-state index in [1.165, 1.54) is 199 Å². The Labute approximate surface area is 441 Å². The third-order valence-corrected chi connectivity index (χ3v) is 13.8. The van der Waals surface area contributed by atoms with Crippen molar-refractivity contribution in [1.82, 2.24) is 0 Å². The Balaban J connectivity index is 3.83. The van der Waals surface area contributed by atoms with E-state index in [1.54, 1.807) is 0 Å². The first-order chi connectivity index (χ1) is 35.0. The molecule has 0 heterocycles. The first-order valence-corrected chi connectivity index (χ1v) is 31.1. The van der Waals surface area contributed by atoms with Gasteiger partial charge in [-0.05, 0) is 57.8 Å². The topological polar surface area (TPSA) is 78.9 Å². The van der Waals surface area contributed by atoms with E-state index in [9.17, 15) is 14.4 Å². The van der Waals surface area contributed by atoms with Crippen LogP contribution in [0.15, 0.2) is 48.6 Å². The molecular formula is C65H118O6. The van der Waals surface area contributed by atoms with Gasteiger partial charge < -0.3 is 14.2 Å². The van der Waals surface area contributed by atoms with Crippen LogP contribution in [-0.2, 0) is 28.6 Å². The van der Waals surface area contributed by atoms with Crippen molar-refractivity contribution < 1.29 is 28.6 Å². The standard InChI is InChI=1S/C65H118O6/c1-4-7-10-13-15-17-19-21-22-23-24-25-26-27-28-29-30-31-32-33-34-35-36-37-38-39-40-41-42-44-45-47-49-52-55-58-64(67)70-61-62(60-69-63(66)57-54-51-12-9-6-3)71-65(68)59-56-53-50-48-46-43-20-18-16-14-11-8-5-2/h7,10,15,17,21-22,24-25,62H,4-6,8-9,11-14,16,18-20,23,26-61H2,1-3H3/b10-7-,17-15-,22-21-,25-24-. The summed E-state index contributed by atoms with van der Waals surface area (Å²) in [6, 6.07) is 0. The predicted octanol–water partition coefficient (Wildman–Crippen LogP) is 21.0. The van der Waals surface area contributed by atoms with Crippen LogP contribution in [0, 0.1) is 0 Å².